The SMILES string of the molecule is Cl.Cl.Cl.Cl.Cl.P.[PbH2]. The third-order valence-corrected chi connectivity index (χ3v) is 0. The second-order valence-corrected chi connectivity index (χ2v) is 0. The third kappa shape index (κ3) is 51.9. The summed E-state index contributed by atoms with van der Waals surface area (Å²) < 4.78 is 0. The van der Waals surface area contributed by atoms with Crippen molar-refractivity contribution in [3.05, 3.63) is 0 Å². The quantitative estimate of drug-likeness (QED) is 0.405. The Morgan fingerprint density at radius 2 is 0.429 bits per heavy atom. The van der Waals surface area contributed by atoms with E-state index in [1.54, 1.807) is 0 Å². The molecule has 0 rings (SSSR count). The van der Waals surface area contributed by atoms with E-state index in [9.17, 15) is 0 Å². The topological polar surface area (TPSA) is 0 Å². The van der Waals surface area contributed by atoms with E-state index in [0.29, 0.717) is 0 Å². The molecular weight excluding hydrogens is 415 g/mol. The zero-order valence-electron chi connectivity index (χ0n) is 3.46. The van der Waals surface area contributed by atoms with E-state index >= 15 is 0 Å². The van der Waals surface area contributed by atoms with Crippen LogP contribution in [0.15, 0.2) is 0 Å². The summed E-state index contributed by atoms with van der Waals surface area (Å²) in [5.74, 6) is 0. The van der Waals surface area contributed by atoms with Crippen LogP contribution in [0.5, 0.6) is 0 Å². The van der Waals surface area contributed by atoms with Crippen LogP contribution in [0.2, 0.25) is 0 Å². The van der Waals surface area contributed by atoms with Crippen molar-refractivity contribution in [2.45, 2.75) is 0 Å². The first-order valence-electron chi connectivity index (χ1n) is 0. The molecule has 0 spiro atoms. The maximum atomic E-state index is 0. The second-order valence-electron chi connectivity index (χ2n) is 0. The van der Waals surface area contributed by atoms with Gasteiger partial charge in [0.2, 0.25) is 0 Å². The molecule has 0 amide bonds. The first-order valence-corrected chi connectivity index (χ1v) is 0. The van der Waals surface area contributed by atoms with Gasteiger partial charge in [-0.1, -0.05) is 0 Å². The first-order chi connectivity index (χ1) is 0. The number of hydrogen-bond donors (Lipinski definition) is 0. The van der Waals surface area contributed by atoms with Crippen LogP contribution in [-0.2, 0) is 0 Å². The molecule has 2 radical (unpaired) electrons. The van der Waals surface area contributed by atoms with Gasteiger partial charge in [0.15, 0.2) is 0 Å². The van der Waals surface area contributed by atoms with Crippen LogP contribution in [0.1, 0.15) is 0 Å². The molecule has 0 aromatic heterocycles. The van der Waals surface area contributed by atoms with Gasteiger partial charge in [0.05, 0.1) is 0 Å². The van der Waals surface area contributed by atoms with Gasteiger partial charge < -0.3 is 0 Å². The van der Waals surface area contributed by atoms with Crippen LogP contribution < -0.4 is 0 Å². The van der Waals surface area contributed by atoms with Crippen LogP contribution in [0.3, 0.4) is 0 Å². The molecule has 0 aliphatic heterocycles. The van der Waals surface area contributed by atoms with Gasteiger partial charge in [-0.2, -0.15) is 9.90 Å². The molecule has 0 bridgehead atoms. The Morgan fingerprint density at radius 3 is 0.429 bits per heavy atom. The van der Waals surface area contributed by atoms with E-state index in [1.807, 2.05) is 0 Å². The fraction of sp³-hybridized carbons (Fsp3) is 0. The van der Waals surface area contributed by atoms with Crippen LogP contribution in [-0.4, -0.2) is 27.3 Å². The van der Waals surface area contributed by atoms with Gasteiger partial charge in [0, 0.05) is 0 Å². The summed E-state index contributed by atoms with van der Waals surface area (Å²) in [5.41, 5.74) is 0. The first kappa shape index (κ1) is 96.7. The molecule has 7 heavy (non-hydrogen) atoms. The summed E-state index contributed by atoms with van der Waals surface area (Å²) in [5, 5.41) is 0. The predicted molar refractivity (Wildman–Crippen MR) is 55.9 cm³/mol. The van der Waals surface area contributed by atoms with Gasteiger partial charge in [0.1, 0.15) is 0 Å². The average Bonchev–Trinajstić information content (AvgIpc) is 0. The molecule has 0 N–H and O–H groups in total. The standard InChI is InChI=1S/5ClH.H3P.Pb.2H/h5*1H;1H3;;;. The van der Waals surface area contributed by atoms with Crippen molar-refractivity contribution in [1.29, 1.82) is 0 Å². The summed E-state index contributed by atoms with van der Waals surface area (Å²) in [6.45, 7) is 0. The third-order valence-electron chi connectivity index (χ3n) is 0. The van der Waals surface area contributed by atoms with Crippen LogP contribution in [0.25, 0.3) is 0 Å². The molecular formula is H10Cl5PPb. The summed E-state index contributed by atoms with van der Waals surface area (Å²) in [6, 6.07) is 0. The molecule has 1 unspecified atom stereocenters. The second kappa shape index (κ2) is 68.2. The Morgan fingerprint density at radius 1 is 0.429 bits per heavy atom. The Labute approximate surface area is 98.2 Å². The molecule has 1 atom stereocenters. The fourth-order valence-corrected chi connectivity index (χ4v) is 0. The molecule has 0 aliphatic rings. The maximum absolute atomic E-state index is 0. The summed E-state index contributed by atoms with van der Waals surface area (Å²) in [6.07, 6.45) is 0. The summed E-state index contributed by atoms with van der Waals surface area (Å²) >= 11 is 0. The Hall–Kier alpha value is 2.80. The number of halogens is 5. The van der Waals surface area contributed by atoms with Gasteiger partial charge in [-0.25, -0.2) is 0 Å². The Bertz CT molecular complexity index is 8.04. The minimum absolute atomic E-state index is 0. The van der Waals surface area contributed by atoms with E-state index in [4.69, 9.17) is 0 Å². The van der Waals surface area contributed by atoms with Crippen molar-refractivity contribution in [3.63, 3.8) is 0 Å². The van der Waals surface area contributed by atoms with Gasteiger partial charge in [0.25, 0.3) is 0 Å². The van der Waals surface area contributed by atoms with E-state index < -0.39 is 0 Å². The van der Waals surface area contributed by atoms with E-state index in [1.165, 1.54) is 0 Å². The molecule has 54 valence electrons. The van der Waals surface area contributed by atoms with Crippen molar-refractivity contribution in [3.8, 4) is 0 Å². The number of hydrogen-bond acceptors (Lipinski definition) is 0. The Kier molecular flexibility index (Phi) is 943. The molecule has 7 heteroatoms. The molecule has 0 aromatic carbocycles. The molecule has 0 saturated heterocycles. The van der Waals surface area contributed by atoms with Crippen molar-refractivity contribution in [2.75, 3.05) is 0 Å². The Balaban J connectivity index is 0. The molecule has 0 fully saturated rings. The molecule has 0 heterocycles. The van der Waals surface area contributed by atoms with Crippen molar-refractivity contribution in [2.24, 2.45) is 0 Å². The molecule has 0 aliphatic carbocycles. The van der Waals surface area contributed by atoms with Gasteiger partial charge >= 0.3 is 27.3 Å². The van der Waals surface area contributed by atoms with Crippen molar-refractivity contribution in [1.82, 2.24) is 0 Å². The normalized spacial score (nSPS) is 0. The van der Waals surface area contributed by atoms with E-state index in [2.05, 4.69) is 0 Å². The average molecular weight is 426 g/mol. The van der Waals surface area contributed by atoms with Gasteiger partial charge in [-0.05, 0) is 0 Å². The van der Waals surface area contributed by atoms with Gasteiger partial charge in [-0.3, -0.25) is 0 Å². The van der Waals surface area contributed by atoms with Crippen LogP contribution in [0, 0.1) is 0 Å². The van der Waals surface area contributed by atoms with Crippen molar-refractivity contribution >= 4 is 99.2 Å². The van der Waals surface area contributed by atoms with E-state index in [-0.39, 0.29) is 99.2 Å². The van der Waals surface area contributed by atoms with Gasteiger partial charge in [-0.15, -0.1) is 62.0 Å². The van der Waals surface area contributed by atoms with Crippen LogP contribution in [0.4, 0.5) is 0 Å². The summed E-state index contributed by atoms with van der Waals surface area (Å²) in [4.78, 5) is 0. The fourth-order valence-electron chi connectivity index (χ4n) is 0. The zero-order valence-corrected chi connectivity index (χ0v) is 14.4. The number of rotatable bonds is 0. The molecule has 0 saturated carbocycles. The predicted octanol–water partition coefficient (Wildman–Crippen LogP) is 1.25. The van der Waals surface area contributed by atoms with E-state index in [0.717, 1.165) is 0 Å². The zero-order chi connectivity index (χ0) is 0. The molecule has 0 aromatic rings. The summed E-state index contributed by atoms with van der Waals surface area (Å²) in [7, 11) is 0. The van der Waals surface area contributed by atoms with Crippen LogP contribution >= 0.6 is 71.9 Å². The molecule has 0 nitrogen and oxygen atoms in total. The monoisotopic (exact) mass is 424 g/mol. The van der Waals surface area contributed by atoms with Crippen molar-refractivity contribution < 1.29 is 0 Å². The minimum atomic E-state index is 0.